The number of ether oxygens (including phenoxy) is 2. The topological polar surface area (TPSA) is 55.8 Å². The fourth-order valence-corrected chi connectivity index (χ4v) is 5.51. The molecule has 2 fully saturated rings. The average Bonchev–Trinajstić information content (AvgIpc) is 3.26. The van der Waals surface area contributed by atoms with E-state index in [4.69, 9.17) is 21.1 Å². The van der Waals surface area contributed by atoms with Crippen molar-refractivity contribution in [3.63, 3.8) is 0 Å². The number of halogens is 1. The van der Waals surface area contributed by atoms with Gasteiger partial charge in [-0.25, -0.2) is 4.79 Å². The predicted molar refractivity (Wildman–Crippen MR) is 108 cm³/mol. The van der Waals surface area contributed by atoms with E-state index < -0.39 is 10.9 Å². The number of amides is 1. The van der Waals surface area contributed by atoms with Crippen LogP contribution in [-0.4, -0.2) is 41.8 Å². The van der Waals surface area contributed by atoms with Crippen molar-refractivity contribution >= 4 is 35.2 Å². The summed E-state index contributed by atoms with van der Waals surface area (Å²) in [5.74, 6) is 0.834. The standard InChI is InChI=1S/C21H20ClNO4S/c22-16-6-8-17(9-7-16)26-12-13-27-20(25)18-14-28-21(11-10-19(24)23(18)21)15-4-2-1-3-5-15/h1-9,18H,10-14H2/t18-,21-/m1/s1. The summed E-state index contributed by atoms with van der Waals surface area (Å²) in [5, 5.41) is 0.634. The van der Waals surface area contributed by atoms with Crippen molar-refractivity contribution in [1.82, 2.24) is 4.90 Å². The Balaban J connectivity index is 1.37. The van der Waals surface area contributed by atoms with Gasteiger partial charge in [0, 0.05) is 17.2 Å². The first-order valence-corrected chi connectivity index (χ1v) is 10.5. The monoisotopic (exact) mass is 417 g/mol. The smallest absolute Gasteiger partial charge is 0.329 e. The van der Waals surface area contributed by atoms with Crippen LogP contribution in [0.4, 0.5) is 0 Å². The van der Waals surface area contributed by atoms with E-state index in [0.29, 0.717) is 29.4 Å². The molecule has 2 aromatic rings. The molecule has 2 aliphatic rings. The molecular weight excluding hydrogens is 398 g/mol. The number of fused-ring (bicyclic) bond motifs is 1. The largest absolute Gasteiger partial charge is 0.490 e. The molecular formula is C21H20ClNO4S. The van der Waals surface area contributed by atoms with E-state index in [0.717, 1.165) is 5.56 Å². The molecule has 2 aromatic carbocycles. The molecule has 0 unspecified atom stereocenters. The summed E-state index contributed by atoms with van der Waals surface area (Å²) in [7, 11) is 0. The molecule has 0 bridgehead atoms. The highest BCUT2D eigenvalue weighted by molar-refractivity contribution is 8.00. The number of nitrogens with zero attached hydrogens (tertiary/aromatic N) is 1. The number of hydrogen-bond acceptors (Lipinski definition) is 5. The molecule has 0 radical (unpaired) electrons. The summed E-state index contributed by atoms with van der Waals surface area (Å²) >= 11 is 7.49. The highest BCUT2D eigenvalue weighted by Crippen LogP contribution is 2.54. The minimum absolute atomic E-state index is 0.00761. The molecule has 2 atom stereocenters. The van der Waals surface area contributed by atoms with Crippen molar-refractivity contribution in [2.75, 3.05) is 19.0 Å². The second-order valence-corrected chi connectivity index (χ2v) is 8.44. The zero-order valence-corrected chi connectivity index (χ0v) is 16.7. The van der Waals surface area contributed by atoms with Gasteiger partial charge < -0.3 is 14.4 Å². The number of hydrogen-bond donors (Lipinski definition) is 0. The Bertz CT molecular complexity index is 860. The quantitative estimate of drug-likeness (QED) is 0.527. The molecule has 7 heteroatoms. The van der Waals surface area contributed by atoms with Crippen LogP contribution in [-0.2, 0) is 19.2 Å². The van der Waals surface area contributed by atoms with Crippen LogP contribution in [0, 0.1) is 0 Å². The Kier molecular flexibility index (Phi) is 5.51. The second-order valence-electron chi connectivity index (χ2n) is 6.71. The van der Waals surface area contributed by atoms with E-state index in [9.17, 15) is 9.59 Å². The molecule has 2 heterocycles. The van der Waals surface area contributed by atoms with Gasteiger partial charge in [0.15, 0.2) is 0 Å². The number of esters is 1. The fourth-order valence-electron chi connectivity index (χ4n) is 3.74. The molecule has 28 heavy (non-hydrogen) atoms. The summed E-state index contributed by atoms with van der Waals surface area (Å²) in [5.41, 5.74) is 1.06. The van der Waals surface area contributed by atoms with Gasteiger partial charge in [0.25, 0.3) is 0 Å². The molecule has 0 aliphatic carbocycles. The molecule has 5 nitrogen and oxygen atoms in total. The maximum atomic E-state index is 12.7. The van der Waals surface area contributed by atoms with Crippen molar-refractivity contribution < 1.29 is 19.1 Å². The number of carbonyl (C=O) groups is 2. The van der Waals surface area contributed by atoms with Crippen molar-refractivity contribution in [3.8, 4) is 5.75 Å². The highest BCUT2D eigenvalue weighted by Gasteiger charge is 2.57. The van der Waals surface area contributed by atoms with Crippen LogP contribution in [0.3, 0.4) is 0 Å². The summed E-state index contributed by atoms with van der Waals surface area (Å²) < 4.78 is 11.0. The third-order valence-corrected chi connectivity index (χ3v) is 6.88. The number of benzene rings is 2. The highest BCUT2D eigenvalue weighted by atomic mass is 35.5. The van der Waals surface area contributed by atoms with Crippen molar-refractivity contribution in [2.24, 2.45) is 0 Å². The number of rotatable bonds is 6. The summed E-state index contributed by atoms with van der Waals surface area (Å²) in [6, 6.07) is 16.4. The molecule has 2 aliphatic heterocycles. The Morgan fingerprint density at radius 1 is 1.14 bits per heavy atom. The van der Waals surface area contributed by atoms with Crippen molar-refractivity contribution in [3.05, 3.63) is 65.2 Å². The van der Waals surface area contributed by atoms with E-state index in [1.54, 1.807) is 40.9 Å². The van der Waals surface area contributed by atoms with Gasteiger partial charge in [-0.1, -0.05) is 41.9 Å². The summed E-state index contributed by atoms with van der Waals surface area (Å²) in [4.78, 5) is 26.5. The van der Waals surface area contributed by atoms with Crippen LogP contribution >= 0.6 is 23.4 Å². The Labute approximate surface area is 172 Å². The van der Waals surface area contributed by atoms with Crippen molar-refractivity contribution in [2.45, 2.75) is 23.8 Å². The zero-order valence-electron chi connectivity index (χ0n) is 15.2. The first-order valence-electron chi connectivity index (χ1n) is 9.17. The fraction of sp³-hybridized carbons (Fsp3) is 0.333. The van der Waals surface area contributed by atoms with Crippen LogP contribution < -0.4 is 4.74 Å². The molecule has 4 rings (SSSR count). The second kappa shape index (κ2) is 8.05. The van der Waals surface area contributed by atoms with Crippen LogP contribution in [0.2, 0.25) is 5.02 Å². The lowest BCUT2D eigenvalue weighted by Gasteiger charge is -2.33. The van der Waals surface area contributed by atoms with Crippen LogP contribution in [0.25, 0.3) is 0 Å². The lowest BCUT2D eigenvalue weighted by molar-refractivity contribution is -0.154. The van der Waals surface area contributed by atoms with Gasteiger partial charge in [-0.15, -0.1) is 11.8 Å². The predicted octanol–water partition coefficient (Wildman–Crippen LogP) is 3.85. The van der Waals surface area contributed by atoms with E-state index >= 15 is 0 Å². The molecule has 2 saturated heterocycles. The normalized spacial score (nSPS) is 23.5. The Morgan fingerprint density at radius 2 is 1.89 bits per heavy atom. The lowest BCUT2D eigenvalue weighted by atomic mass is 10.0. The van der Waals surface area contributed by atoms with E-state index in [-0.39, 0.29) is 25.1 Å². The van der Waals surface area contributed by atoms with Gasteiger partial charge >= 0.3 is 5.97 Å². The van der Waals surface area contributed by atoms with Gasteiger partial charge in [-0.05, 0) is 36.2 Å². The third-order valence-electron chi connectivity index (χ3n) is 5.03. The van der Waals surface area contributed by atoms with Crippen LogP contribution in [0.15, 0.2) is 54.6 Å². The Morgan fingerprint density at radius 3 is 2.64 bits per heavy atom. The molecule has 0 aromatic heterocycles. The van der Waals surface area contributed by atoms with Gasteiger partial charge in [-0.3, -0.25) is 4.79 Å². The SMILES string of the molecule is O=C(OCCOc1ccc(Cl)cc1)[C@H]1CS[C@@]2(c3ccccc3)CCC(=O)N12. The first-order chi connectivity index (χ1) is 13.6. The molecule has 0 N–H and O–H groups in total. The van der Waals surface area contributed by atoms with Crippen LogP contribution in [0.5, 0.6) is 5.75 Å². The van der Waals surface area contributed by atoms with Gasteiger partial charge in [0.1, 0.15) is 29.9 Å². The lowest BCUT2D eigenvalue weighted by Crippen LogP contribution is -2.46. The van der Waals surface area contributed by atoms with Gasteiger partial charge in [0.05, 0.1) is 0 Å². The van der Waals surface area contributed by atoms with E-state index in [2.05, 4.69) is 0 Å². The third kappa shape index (κ3) is 3.59. The van der Waals surface area contributed by atoms with Gasteiger partial charge in [0.2, 0.25) is 5.91 Å². The summed E-state index contributed by atoms with van der Waals surface area (Å²) in [6.45, 7) is 0.369. The molecule has 0 spiro atoms. The first kappa shape index (κ1) is 19.2. The Hall–Kier alpha value is -2.18. The van der Waals surface area contributed by atoms with Gasteiger partial charge in [-0.2, -0.15) is 0 Å². The van der Waals surface area contributed by atoms with E-state index in [1.807, 2.05) is 30.3 Å². The minimum Gasteiger partial charge on any atom is -0.490 e. The maximum Gasteiger partial charge on any atom is 0.329 e. The average molecular weight is 418 g/mol. The van der Waals surface area contributed by atoms with Crippen LogP contribution in [0.1, 0.15) is 18.4 Å². The van der Waals surface area contributed by atoms with E-state index in [1.165, 1.54) is 0 Å². The zero-order chi connectivity index (χ0) is 19.6. The molecule has 1 amide bonds. The van der Waals surface area contributed by atoms with Crippen molar-refractivity contribution in [1.29, 1.82) is 0 Å². The minimum atomic E-state index is -0.560. The molecule has 146 valence electrons. The summed E-state index contributed by atoms with van der Waals surface area (Å²) in [6.07, 6.45) is 1.16. The maximum absolute atomic E-state index is 12.7. The number of thioether (sulfide) groups is 1. The molecule has 0 saturated carbocycles. The number of carbonyl (C=O) groups excluding carboxylic acids is 2.